The highest BCUT2D eigenvalue weighted by atomic mass is 16.5. The summed E-state index contributed by atoms with van der Waals surface area (Å²) in [5.74, 6) is -0.246. The third-order valence-electron chi connectivity index (χ3n) is 1.89. The number of carbonyl (C=O) groups excluding carboxylic acids is 1. The Kier molecular flexibility index (Phi) is 2.08. The van der Waals surface area contributed by atoms with Crippen molar-refractivity contribution < 1.29 is 9.53 Å². The van der Waals surface area contributed by atoms with Gasteiger partial charge in [0.15, 0.2) is 0 Å². The first-order chi connectivity index (χ1) is 6.36. The molecule has 2 rings (SSSR count). The van der Waals surface area contributed by atoms with Crippen LogP contribution in [0.15, 0.2) is 35.3 Å². The van der Waals surface area contributed by atoms with Crippen molar-refractivity contribution in [3.63, 3.8) is 0 Å². The number of carbonyl (C=O) groups is 1. The van der Waals surface area contributed by atoms with Gasteiger partial charge in [-0.1, -0.05) is 30.3 Å². The number of amides is 1. The fraction of sp³-hybridized carbons (Fsp3) is 0.200. The van der Waals surface area contributed by atoms with E-state index in [-0.39, 0.29) is 5.91 Å². The molecule has 3 heteroatoms. The summed E-state index contributed by atoms with van der Waals surface area (Å²) in [4.78, 5) is 14.4. The van der Waals surface area contributed by atoms with E-state index in [2.05, 4.69) is 11.4 Å². The number of hydrogen-bond acceptors (Lipinski definition) is 2. The fourth-order valence-electron chi connectivity index (χ4n) is 1.21. The van der Waals surface area contributed by atoms with Crippen LogP contribution in [0.25, 0.3) is 0 Å². The summed E-state index contributed by atoms with van der Waals surface area (Å²) in [6.45, 7) is 0. The van der Waals surface area contributed by atoms with E-state index >= 15 is 0 Å². The molecule has 0 aromatic heterocycles. The predicted octanol–water partition coefficient (Wildman–Crippen LogP) is 1.06. The summed E-state index contributed by atoms with van der Waals surface area (Å²) in [5, 5.41) is 0. The van der Waals surface area contributed by atoms with E-state index in [4.69, 9.17) is 4.74 Å². The highest BCUT2D eigenvalue weighted by Gasteiger charge is 2.12. The van der Waals surface area contributed by atoms with Crippen LogP contribution in [0.3, 0.4) is 0 Å². The number of aliphatic imine (C=N–C) groups is 1. The molecule has 1 unspecified atom stereocenters. The second-order valence-electron chi connectivity index (χ2n) is 2.84. The number of hydrogen-bond donors (Lipinski definition) is 0. The Hall–Kier alpha value is -1.64. The summed E-state index contributed by atoms with van der Waals surface area (Å²) >= 11 is 0. The van der Waals surface area contributed by atoms with E-state index in [1.54, 1.807) is 0 Å². The molecule has 0 radical (unpaired) electrons. The summed E-state index contributed by atoms with van der Waals surface area (Å²) < 4.78 is 4.90. The minimum Gasteiger partial charge on any atom is -0.577 e. The first-order valence-corrected chi connectivity index (χ1v) is 4.05. The van der Waals surface area contributed by atoms with Crippen molar-refractivity contribution in [1.29, 1.82) is 0 Å². The second kappa shape index (κ2) is 3.39. The summed E-state index contributed by atoms with van der Waals surface area (Å²) in [7, 11) is 0. The van der Waals surface area contributed by atoms with Crippen LogP contribution in [0.2, 0.25) is 0 Å². The topological polar surface area (TPSA) is 38.7 Å². The molecule has 0 spiro atoms. The molecule has 13 heavy (non-hydrogen) atoms. The third kappa shape index (κ3) is 1.75. The van der Waals surface area contributed by atoms with Crippen molar-refractivity contribution in [3.05, 3.63) is 35.9 Å². The van der Waals surface area contributed by atoms with Gasteiger partial charge in [-0.15, -0.1) is 0 Å². The molecule has 66 valence electrons. The molecule has 0 fully saturated rings. The Bertz CT molecular complexity index is 332. The van der Waals surface area contributed by atoms with Gasteiger partial charge in [-0.3, -0.25) is 0 Å². The SMILES string of the molecule is O=C1N=[C-]OC1Cc1ccccc1. The van der Waals surface area contributed by atoms with Crippen molar-refractivity contribution in [2.24, 2.45) is 4.99 Å². The van der Waals surface area contributed by atoms with Crippen molar-refractivity contribution in [1.82, 2.24) is 0 Å². The molecule has 1 amide bonds. The van der Waals surface area contributed by atoms with Crippen LogP contribution >= 0.6 is 0 Å². The average molecular weight is 174 g/mol. The van der Waals surface area contributed by atoms with Gasteiger partial charge in [-0.2, -0.15) is 0 Å². The Morgan fingerprint density at radius 2 is 2.15 bits per heavy atom. The monoisotopic (exact) mass is 174 g/mol. The molecular weight excluding hydrogens is 166 g/mol. The van der Waals surface area contributed by atoms with Crippen LogP contribution in [0.4, 0.5) is 0 Å². The lowest BCUT2D eigenvalue weighted by Crippen LogP contribution is -2.18. The Morgan fingerprint density at radius 3 is 2.77 bits per heavy atom. The van der Waals surface area contributed by atoms with Gasteiger partial charge in [0.05, 0.1) is 6.10 Å². The Balaban J connectivity index is 2.03. The lowest BCUT2D eigenvalue weighted by atomic mass is 10.1. The zero-order chi connectivity index (χ0) is 9.10. The molecule has 1 aliphatic rings. The molecule has 0 saturated heterocycles. The lowest BCUT2D eigenvalue weighted by Gasteiger charge is -2.13. The molecule has 0 aliphatic carbocycles. The molecule has 1 heterocycles. The number of ether oxygens (including phenoxy) is 1. The van der Waals surface area contributed by atoms with Crippen molar-refractivity contribution >= 4 is 12.3 Å². The van der Waals surface area contributed by atoms with Crippen LogP contribution in [-0.4, -0.2) is 18.4 Å². The van der Waals surface area contributed by atoms with Gasteiger partial charge in [0.2, 0.25) is 0 Å². The Labute approximate surface area is 76.1 Å². The highest BCUT2D eigenvalue weighted by molar-refractivity contribution is 5.91. The van der Waals surface area contributed by atoms with E-state index in [0.29, 0.717) is 6.42 Å². The Morgan fingerprint density at radius 1 is 1.38 bits per heavy atom. The van der Waals surface area contributed by atoms with E-state index in [9.17, 15) is 4.79 Å². The van der Waals surface area contributed by atoms with Gasteiger partial charge >= 0.3 is 0 Å². The third-order valence-corrected chi connectivity index (χ3v) is 1.89. The van der Waals surface area contributed by atoms with E-state index in [1.807, 2.05) is 30.3 Å². The van der Waals surface area contributed by atoms with Gasteiger partial charge in [-0.05, 0) is 12.0 Å². The van der Waals surface area contributed by atoms with Crippen LogP contribution in [0.1, 0.15) is 5.56 Å². The zero-order valence-electron chi connectivity index (χ0n) is 6.93. The average Bonchev–Trinajstić information content (AvgIpc) is 2.54. The standard InChI is InChI=1S/C10H8NO2/c12-10-9(13-7-11-10)6-8-4-2-1-3-5-8/h1-5,9H,6H2/q-1. The molecule has 0 saturated carbocycles. The van der Waals surface area contributed by atoms with Gasteiger partial charge in [-0.25, -0.2) is 0 Å². The summed E-state index contributed by atoms with van der Waals surface area (Å²) in [6.07, 6.45) is 2.31. The maximum Gasteiger partial charge on any atom is 0.128 e. The lowest BCUT2D eigenvalue weighted by molar-refractivity contribution is -0.122. The minimum atomic E-state index is -0.470. The first-order valence-electron chi connectivity index (χ1n) is 4.05. The second-order valence-corrected chi connectivity index (χ2v) is 2.84. The van der Waals surface area contributed by atoms with Gasteiger partial charge in [0.1, 0.15) is 5.91 Å². The zero-order valence-corrected chi connectivity index (χ0v) is 6.93. The van der Waals surface area contributed by atoms with Crippen LogP contribution in [0.5, 0.6) is 0 Å². The number of benzene rings is 1. The maximum absolute atomic E-state index is 11.0. The number of rotatable bonds is 2. The summed E-state index contributed by atoms with van der Waals surface area (Å²) in [6, 6.07) is 9.70. The van der Waals surface area contributed by atoms with Crippen LogP contribution < -0.4 is 0 Å². The molecule has 1 atom stereocenters. The normalized spacial score (nSPS) is 20.3. The van der Waals surface area contributed by atoms with Crippen molar-refractivity contribution in [3.8, 4) is 0 Å². The first kappa shape index (κ1) is 7.98. The maximum atomic E-state index is 11.0. The minimum absolute atomic E-state index is 0.246. The van der Waals surface area contributed by atoms with Crippen molar-refractivity contribution in [2.75, 3.05) is 0 Å². The highest BCUT2D eigenvalue weighted by Crippen LogP contribution is 2.09. The molecular formula is C10H8NO2-. The number of nitrogens with zero attached hydrogens (tertiary/aromatic N) is 1. The van der Waals surface area contributed by atoms with E-state index < -0.39 is 6.10 Å². The molecule has 1 aliphatic heterocycles. The molecule has 1 aromatic carbocycles. The van der Waals surface area contributed by atoms with Crippen LogP contribution in [-0.2, 0) is 16.0 Å². The largest absolute Gasteiger partial charge is 0.577 e. The molecule has 1 aromatic rings. The van der Waals surface area contributed by atoms with E-state index in [0.717, 1.165) is 5.56 Å². The summed E-state index contributed by atoms with van der Waals surface area (Å²) in [5.41, 5.74) is 1.07. The molecule has 0 bridgehead atoms. The van der Waals surface area contributed by atoms with Crippen LogP contribution in [0, 0.1) is 0 Å². The fourth-order valence-corrected chi connectivity index (χ4v) is 1.21. The van der Waals surface area contributed by atoms with Gasteiger partial charge in [0, 0.05) is 6.40 Å². The molecule has 3 nitrogen and oxygen atoms in total. The van der Waals surface area contributed by atoms with Gasteiger partial charge < -0.3 is 14.5 Å². The quantitative estimate of drug-likeness (QED) is 0.629. The predicted molar refractivity (Wildman–Crippen MR) is 47.5 cm³/mol. The van der Waals surface area contributed by atoms with E-state index in [1.165, 1.54) is 0 Å². The van der Waals surface area contributed by atoms with Gasteiger partial charge in [0.25, 0.3) is 0 Å². The molecule has 0 N–H and O–H groups in total. The smallest absolute Gasteiger partial charge is 0.128 e. The van der Waals surface area contributed by atoms with Crippen molar-refractivity contribution in [2.45, 2.75) is 12.5 Å².